The molecule has 0 radical (unpaired) electrons. The maximum Gasteiger partial charge on any atom is 0.309 e. The fraction of sp³-hybridized carbons (Fsp3) is 0.350. The number of carbonyl (C=O) groups excluding carboxylic acids is 2. The van der Waals surface area contributed by atoms with E-state index in [-0.39, 0.29) is 31.1 Å². The number of esters is 1. The summed E-state index contributed by atoms with van der Waals surface area (Å²) >= 11 is 5.90. The summed E-state index contributed by atoms with van der Waals surface area (Å²) in [4.78, 5) is 28.1. The first-order valence-corrected chi connectivity index (χ1v) is 11.3. The first-order valence-electron chi connectivity index (χ1n) is 9.44. The predicted octanol–water partition coefficient (Wildman–Crippen LogP) is 2.00. The van der Waals surface area contributed by atoms with E-state index in [2.05, 4.69) is 10.3 Å². The molecule has 0 atom stereocenters. The van der Waals surface area contributed by atoms with E-state index in [0.29, 0.717) is 17.9 Å². The lowest BCUT2D eigenvalue weighted by atomic mass is 9.98. The second kappa shape index (κ2) is 10.0. The largest absolute Gasteiger partial charge is 0.455 e. The second-order valence-electron chi connectivity index (χ2n) is 6.88. The van der Waals surface area contributed by atoms with Crippen molar-refractivity contribution >= 4 is 33.5 Å². The van der Waals surface area contributed by atoms with Gasteiger partial charge in [0.15, 0.2) is 6.61 Å². The molecule has 10 heteroatoms. The highest BCUT2D eigenvalue weighted by Gasteiger charge is 2.33. The molecular weight excluding hydrogens is 430 g/mol. The highest BCUT2D eigenvalue weighted by atomic mass is 35.5. The minimum atomic E-state index is -3.63. The van der Waals surface area contributed by atoms with Crippen molar-refractivity contribution in [2.45, 2.75) is 24.3 Å². The number of piperidine rings is 1. The van der Waals surface area contributed by atoms with Gasteiger partial charge in [0, 0.05) is 37.1 Å². The third-order valence-electron chi connectivity index (χ3n) is 4.78. The fourth-order valence-electron chi connectivity index (χ4n) is 3.13. The number of halogens is 1. The topological polar surface area (TPSA) is 106 Å². The van der Waals surface area contributed by atoms with Crippen LogP contribution in [0.25, 0.3) is 0 Å². The van der Waals surface area contributed by atoms with E-state index >= 15 is 0 Å². The van der Waals surface area contributed by atoms with Crippen LogP contribution < -0.4 is 5.32 Å². The van der Waals surface area contributed by atoms with Crippen molar-refractivity contribution in [1.82, 2.24) is 14.6 Å². The molecule has 160 valence electrons. The second-order valence-corrected chi connectivity index (χ2v) is 9.26. The Morgan fingerprint density at radius 1 is 1.20 bits per heavy atom. The first kappa shape index (κ1) is 22.2. The molecule has 2 heterocycles. The van der Waals surface area contributed by atoms with Crippen molar-refractivity contribution in [3.63, 3.8) is 0 Å². The van der Waals surface area contributed by atoms with Gasteiger partial charge in [0.1, 0.15) is 4.90 Å². The molecule has 1 amide bonds. The van der Waals surface area contributed by atoms with Crippen LogP contribution >= 0.6 is 11.6 Å². The van der Waals surface area contributed by atoms with Crippen LogP contribution in [0.2, 0.25) is 5.02 Å². The Labute approximate surface area is 180 Å². The van der Waals surface area contributed by atoms with Crippen LogP contribution in [-0.2, 0) is 30.9 Å². The highest BCUT2D eigenvalue weighted by molar-refractivity contribution is 7.89. The third kappa shape index (κ3) is 5.78. The molecule has 1 aromatic carbocycles. The molecule has 0 bridgehead atoms. The zero-order valence-electron chi connectivity index (χ0n) is 16.2. The molecule has 3 rings (SSSR count). The Morgan fingerprint density at radius 3 is 2.63 bits per heavy atom. The molecule has 0 unspecified atom stereocenters. The summed E-state index contributed by atoms with van der Waals surface area (Å²) in [5.74, 6) is -1.35. The van der Waals surface area contributed by atoms with Gasteiger partial charge in [-0.15, -0.1) is 0 Å². The van der Waals surface area contributed by atoms with Crippen LogP contribution in [0.15, 0.2) is 53.7 Å². The molecule has 2 aromatic rings. The summed E-state index contributed by atoms with van der Waals surface area (Å²) in [6.45, 7) is 0.311. The summed E-state index contributed by atoms with van der Waals surface area (Å²) in [6, 6.07) is 10.1. The Bertz CT molecular complexity index is 993. The molecule has 1 aliphatic rings. The molecule has 1 N–H and O–H groups in total. The van der Waals surface area contributed by atoms with Crippen LogP contribution in [0.5, 0.6) is 0 Å². The van der Waals surface area contributed by atoms with E-state index in [4.69, 9.17) is 16.3 Å². The highest BCUT2D eigenvalue weighted by Crippen LogP contribution is 2.24. The minimum absolute atomic E-state index is 0.127. The molecular formula is C20H22ClN3O5S. The maximum atomic E-state index is 12.6. The first-order chi connectivity index (χ1) is 14.4. The monoisotopic (exact) mass is 451 g/mol. The Hall–Kier alpha value is -2.49. The molecule has 0 spiro atoms. The van der Waals surface area contributed by atoms with E-state index in [1.54, 1.807) is 24.3 Å². The van der Waals surface area contributed by atoms with E-state index in [1.807, 2.05) is 6.07 Å². The van der Waals surface area contributed by atoms with Gasteiger partial charge in [0.05, 0.1) is 5.92 Å². The number of aromatic nitrogens is 1. The maximum absolute atomic E-state index is 12.6. The van der Waals surface area contributed by atoms with Gasteiger partial charge in [0.25, 0.3) is 5.91 Å². The van der Waals surface area contributed by atoms with Gasteiger partial charge < -0.3 is 10.1 Å². The molecule has 8 nitrogen and oxygen atoms in total. The predicted molar refractivity (Wildman–Crippen MR) is 110 cm³/mol. The number of pyridine rings is 1. The van der Waals surface area contributed by atoms with Crippen molar-refractivity contribution in [2.75, 3.05) is 19.7 Å². The zero-order chi connectivity index (χ0) is 21.6. The fourth-order valence-corrected chi connectivity index (χ4v) is 4.78. The van der Waals surface area contributed by atoms with Crippen LogP contribution in [-0.4, -0.2) is 49.3 Å². The van der Waals surface area contributed by atoms with Gasteiger partial charge in [0.2, 0.25) is 10.0 Å². The number of ether oxygens (including phenoxy) is 1. The van der Waals surface area contributed by atoms with E-state index in [9.17, 15) is 18.0 Å². The minimum Gasteiger partial charge on any atom is -0.455 e. The number of benzene rings is 1. The lowest BCUT2D eigenvalue weighted by molar-refractivity contribution is -0.153. The number of nitrogens with zero attached hydrogens (tertiary/aromatic N) is 2. The van der Waals surface area contributed by atoms with Gasteiger partial charge in [-0.25, -0.2) is 8.42 Å². The third-order valence-corrected chi connectivity index (χ3v) is 6.90. The van der Waals surface area contributed by atoms with Crippen LogP contribution in [0.3, 0.4) is 0 Å². The summed E-state index contributed by atoms with van der Waals surface area (Å²) in [5.41, 5.74) is 0.837. The summed E-state index contributed by atoms with van der Waals surface area (Å²) in [6.07, 6.45) is 3.48. The Balaban J connectivity index is 1.42. The molecule has 1 aliphatic heterocycles. The van der Waals surface area contributed by atoms with Crippen molar-refractivity contribution in [1.29, 1.82) is 0 Å². The van der Waals surface area contributed by atoms with Crippen molar-refractivity contribution < 1.29 is 22.7 Å². The van der Waals surface area contributed by atoms with Crippen molar-refractivity contribution in [3.8, 4) is 0 Å². The zero-order valence-corrected chi connectivity index (χ0v) is 17.7. The van der Waals surface area contributed by atoms with Crippen molar-refractivity contribution in [3.05, 3.63) is 59.4 Å². The van der Waals surface area contributed by atoms with E-state index < -0.39 is 27.8 Å². The number of hydrogen-bond acceptors (Lipinski definition) is 6. The van der Waals surface area contributed by atoms with Crippen molar-refractivity contribution in [2.24, 2.45) is 5.92 Å². The van der Waals surface area contributed by atoms with Gasteiger partial charge >= 0.3 is 5.97 Å². The lowest BCUT2D eigenvalue weighted by Gasteiger charge is -2.29. The van der Waals surface area contributed by atoms with Crippen LogP contribution in [0.1, 0.15) is 18.4 Å². The number of hydrogen-bond donors (Lipinski definition) is 1. The van der Waals surface area contributed by atoms with Gasteiger partial charge in [-0.1, -0.05) is 23.7 Å². The Kier molecular flexibility index (Phi) is 7.41. The average molecular weight is 452 g/mol. The van der Waals surface area contributed by atoms with E-state index in [0.717, 1.165) is 5.56 Å². The number of sulfonamides is 1. The number of amides is 1. The molecule has 30 heavy (non-hydrogen) atoms. The molecule has 1 aromatic heterocycles. The number of rotatable bonds is 7. The number of nitrogens with one attached hydrogen (secondary N) is 1. The standard InChI is InChI=1S/C20H22ClN3O5S/c21-17-4-1-3-15(11-17)12-23-19(25)14-29-20(26)16-6-9-24(10-7-16)30(27,28)18-5-2-8-22-13-18/h1-5,8,11,13,16H,6-7,9-10,12,14H2,(H,23,25). The normalized spacial score (nSPS) is 15.5. The molecule has 1 saturated heterocycles. The lowest BCUT2D eigenvalue weighted by Crippen LogP contribution is -2.41. The smallest absolute Gasteiger partial charge is 0.309 e. The van der Waals surface area contributed by atoms with Crippen LogP contribution in [0.4, 0.5) is 0 Å². The average Bonchev–Trinajstić information content (AvgIpc) is 2.77. The van der Waals surface area contributed by atoms with E-state index in [1.165, 1.54) is 22.8 Å². The summed E-state index contributed by atoms with van der Waals surface area (Å²) in [5, 5.41) is 3.24. The molecule has 0 aliphatic carbocycles. The molecule has 0 saturated carbocycles. The van der Waals surface area contributed by atoms with Gasteiger partial charge in [-0.3, -0.25) is 14.6 Å². The summed E-state index contributed by atoms with van der Waals surface area (Å²) in [7, 11) is -3.63. The van der Waals surface area contributed by atoms with Crippen LogP contribution in [0, 0.1) is 5.92 Å². The SMILES string of the molecule is O=C(COC(=O)C1CCN(S(=O)(=O)c2cccnc2)CC1)NCc1cccc(Cl)c1. The number of carbonyl (C=O) groups is 2. The van der Waals surface area contributed by atoms with Gasteiger partial charge in [-0.05, 0) is 42.7 Å². The quantitative estimate of drug-likeness (QED) is 0.645. The Morgan fingerprint density at radius 2 is 1.97 bits per heavy atom. The summed E-state index contributed by atoms with van der Waals surface area (Å²) < 4.78 is 31.6. The molecule has 1 fully saturated rings. The van der Waals surface area contributed by atoms with Gasteiger partial charge in [-0.2, -0.15) is 4.31 Å².